The number of nitrogens with one attached hydrogen (secondary N) is 1. The van der Waals surface area contributed by atoms with Gasteiger partial charge in [-0.1, -0.05) is 25.0 Å². The second kappa shape index (κ2) is 8.25. The van der Waals surface area contributed by atoms with E-state index in [2.05, 4.69) is 22.3 Å². The van der Waals surface area contributed by atoms with Crippen molar-refractivity contribution in [1.29, 1.82) is 0 Å². The Kier molecular flexibility index (Phi) is 5.81. The number of amides is 1. The SMILES string of the molecule is CSc1ccccc1C(=O)Nc1ccc(N2CCCCCC2)cc1. The molecule has 1 N–H and O–H groups in total. The van der Waals surface area contributed by atoms with Gasteiger partial charge < -0.3 is 10.2 Å². The highest BCUT2D eigenvalue weighted by Crippen LogP contribution is 2.24. The summed E-state index contributed by atoms with van der Waals surface area (Å²) in [6.07, 6.45) is 7.19. The molecule has 126 valence electrons. The minimum absolute atomic E-state index is 0.0533. The summed E-state index contributed by atoms with van der Waals surface area (Å²) in [6.45, 7) is 2.26. The van der Waals surface area contributed by atoms with E-state index in [1.165, 1.54) is 31.4 Å². The number of thioether (sulfide) groups is 1. The standard InChI is InChI=1S/C20H24N2OS/c1-24-19-9-5-4-8-18(19)20(23)21-16-10-12-17(13-11-16)22-14-6-2-3-7-15-22/h4-5,8-13H,2-3,6-7,14-15H2,1H3,(H,21,23). The molecule has 1 heterocycles. The molecule has 1 aliphatic heterocycles. The predicted octanol–water partition coefficient (Wildman–Crippen LogP) is 5.04. The smallest absolute Gasteiger partial charge is 0.256 e. The monoisotopic (exact) mass is 340 g/mol. The summed E-state index contributed by atoms with van der Waals surface area (Å²) in [5, 5.41) is 3.00. The van der Waals surface area contributed by atoms with E-state index in [-0.39, 0.29) is 5.91 Å². The van der Waals surface area contributed by atoms with E-state index < -0.39 is 0 Å². The van der Waals surface area contributed by atoms with Crippen molar-refractivity contribution in [3.05, 3.63) is 54.1 Å². The van der Waals surface area contributed by atoms with Crippen molar-refractivity contribution in [2.75, 3.05) is 29.6 Å². The lowest BCUT2D eigenvalue weighted by Crippen LogP contribution is -2.23. The molecule has 0 unspecified atom stereocenters. The highest BCUT2D eigenvalue weighted by Gasteiger charge is 2.12. The largest absolute Gasteiger partial charge is 0.372 e. The van der Waals surface area contributed by atoms with Gasteiger partial charge in [-0.25, -0.2) is 0 Å². The number of carbonyl (C=O) groups is 1. The van der Waals surface area contributed by atoms with Crippen molar-refractivity contribution < 1.29 is 4.79 Å². The summed E-state index contributed by atoms with van der Waals surface area (Å²) >= 11 is 1.59. The lowest BCUT2D eigenvalue weighted by Gasteiger charge is -2.22. The van der Waals surface area contributed by atoms with E-state index in [1.54, 1.807) is 11.8 Å². The van der Waals surface area contributed by atoms with Crippen molar-refractivity contribution in [2.24, 2.45) is 0 Å². The zero-order valence-electron chi connectivity index (χ0n) is 14.1. The van der Waals surface area contributed by atoms with Crippen LogP contribution in [0.1, 0.15) is 36.0 Å². The van der Waals surface area contributed by atoms with Crippen LogP contribution in [0.15, 0.2) is 53.4 Å². The van der Waals surface area contributed by atoms with Gasteiger partial charge in [0, 0.05) is 29.4 Å². The van der Waals surface area contributed by atoms with Crippen molar-refractivity contribution in [1.82, 2.24) is 0 Å². The van der Waals surface area contributed by atoms with Gasteiger partial charge >= 0.3 is 0 Å². The van der Waals surface area contributed by atoms with E-state index in [0.717, 1.165) is 29.2 Å². The van der Waals surface area contributed by atoms with Crippen molar-refractivity contribution >= 4 is 29.0 Å². The molecule has 4 heteroatoms. The summed E-state index contributed by atoms with van der Waals surface area (Å²) in [5.41, 5.74) is 2.82. The van der Waals surface area contributed by atoms with Crippen LogP contribution in [0.25, 0.3) is 0 Å². The van der Waals surface area contributed by atoms with Crippen LogP contribution in [0.3, 0.4) is 0 Å². The Labute approximate surface area is 148 Å². The van der Waals surface area contributed by atoms with Crippen LogP contribution in [-0.2, 0) is 0 Å². The second-order valence-corrected chi connectivity index (χ2v) is 6.95. The van der Waals surface area contributed by atoms with Gasteiger partial charge in [0.05, 0.1) is 5.56 Å². The molecule has 2 aromatic carbocycles. The Morgan fingerprint density at radius 2 is 1.62 bits per heavy atom. The molecule has 24 heavy (non-hydrogen) atoms. The Bertz CT molecular complexity index is 676. The summed E-state index contributed by atoms with van der Waals surface area (Å²) in [7, 11) is 0. The van der Waals surface area contributed by atoms with Crippen LogP contribution in [0.2, 0.25) is 0 Å². The maximum Gasteiger partial charge on any atom is 0.256 e. The molecular weight excluding hydrogens is 316 g/mol. The van der Waals surface area contributed by atoms with Gasteiger partial charge in [-0.3, -0.25) is 4.79 Å². The second-order valence-electron chi connectivity index (χ2n) is 6.10. The number of benzene rings is 2. The normalized spacial score (nSPS) is 15.0. The summed E-state index contributed by atoms with van der Waals surface area (Å²) in [6, 6.07) is 15.9. The molecule has 0 bridgehead atoms. The highest BCUT2D eigenvalue weighted by atomic mass is 32.2. The third-order valence-corrected chi connectivity index (χ3v) is 5.24. The van der Waals surface area contributed by atoms with Gasteiger partial charge in [0.1, 0.15) is 0 Å². The van der Waals surface area contributed by atoms with E-state index in [1.807, 2.05) is 42.7 Å². The van der Waals surface area contributed by atoms with Gasteiger partial charge in [-0.2, -0.15) is 0 Å². The molecule has 0 saturated carbocycles. The first-order chi connectivity index (χ1) is 11.8. The Morgan fingerprint density at radius 1 is 0.958 bits per heavy atom. The maximum atomic E-state index is 12.5. The molecule has 2 aromatic rings. The fourth-order valence-corrected chi connectivity index (χ4v) is 3.71. The number of anilines is 2. The molecule has 1 saturated heterocycles. The fourth-order valence-electron chi connectivity index (χ4n) is 3.12. The summed E-state index contributed by atoms with van der Waals surface area (Å²) in [4.78, 5) is 15.9. The average molecular weight is 340 g/mol. The lowest BCUT2D eigenvalue weighted by atomic mass is 10.2. The number of nitrogens with zero attached hydrogens (tertiary/aromatic N) is 1. The molecule has 0 spiro atoms. The summed E-state index contributed by atoms with van der Waals surface area (Å²) < 4.78 is 0. The van der Waals surface area contributed by atoms with Gasteiger partial charge in [0.15, 0.2) is 0 Å². The first kappa shape index (κ1) is 16.9. The van der Waals surface area contributed by atoms with Gasteiger partial charge in [-0.05, 0) is 55.5 Å². The number of carbonyl (C=O) groups excluding carboxylic acids is 1. The predicted molar refractivity (Wildman–Crippen MR) is 103 cm³/mol. The Hall–Kier alpha value is -1.94. The molecule has 0 atom stereocenters. The lowest BCUT2D eigenvalue weighted by molar-refractivity contribution is 0.102. The van der Waals surface area contributed by atoms with Crippen LogP contribution < -0.4 is 10.2 Å². The molecule has 1 fully saturated rings. The highest BCUT2D eigenvalue weighted by molar-refractivity contribution is 7.98. The van der Waals surface area contributed by atoms with Gasteiger partial charge in [-0.15, -0.1) is 11.8 Å². The molecule has 1 aliphatic rings. The zero-order chi connectivity index (χ0) is 16.8. The van der Waals surface area contributed by atoms with Crippen LogP contribution in [0, 0.1) is 0 Å². The third-order valence-electron chi connectivity index (χ3n) is 4.45. The molecule has 0 aliphatic carbocycles. The van der Waals surface area contributed by atoms with Crippen molar-refractivity contribution in [3.63, 3.8) is 0 Å². The molecule has 3 nitrogen and oxygen atoms in total. The molecule has 0 aromatic heterocycles. The van der Waals surface area contributed by atoms with E-state index in [4.69, 9.17) is 0 Å². The van der Waals surface area contributed by atoms with Crippen molar-refractivity contribution in [3.8, 4) is 0 Å². The van der Waals surface area contributed by atoms with Gasteiger partial charge in [0.25, 0.3) is 5.91 Å². The number of rotatable bonds is 4. The van der Waals surface area contributed by atoms with Crippen LogP contribution in [-0.4, -0.2) is 25.3 Å². The van der Waals surface area contributed by atoms with E-state index in [0.29, 0.717) is 0 Å². The zero-order valence-corrected chi connectivity index (χ0v) is 14.9. The first-order valence-electron chi connectivity index (χ1n) is 8.57. The minimum atomic E-state index is -0.0533. The fraction of sp³-hybridized carbons (Fsp3) is 0.350. The average Bonchev–Trinajstić information content (AvgIpc) is 2.91. The maximum absolute atomic E-state index is 12.5. The van der Waals surface area contributed by atoms with E-state index >= 15 is 0 Å². The number of hydrogen-bond donors (Lipinski definition) is 1. The molecule has 3 rings (SSSR count). The minimum Gasteiger partial charge on any atom is -0.372 e. The van der Waals surface area contributed by atoms with Crippen LogP contribution in [0.4, 0.5) is 11.4 Å². The van der Waals surface area contributed by atoms with Crippen LogP contribution >= 0.6 is 11.8 Å². The molecular formula is C20H24N2OS. The Morgan fingerprint density at radius 3 is 2.29 bits per heavy atom. The molecule has 1 amide bonds. The van der Waals surface area contributed by atoms with Gasteiger partial charge in [0.2, 0.25) is 0 Å². The summed E-state index contributed by atoms with van der Waals surface area (Å²) in [5.74, 6) is -0.0533. The topological polar surface area (TPSA) is 32.3 Å². The number of hydrogen-bond acceptors (Lipinski definition) is 3. The Balaban J connectivity index is 1.68. The molecule has 0 radical (unpaired) electrons. The quantitative estimate of drug-likeness (QED) is 0.791. The van der Waals surface area contributed by atoms with Crippen LogP contribution in [0.5, 0.6) is 0 Å². The van der Waals surface area contributed by atoms with Crippen molar-refractivity contribution in [2.45, 2.75) is 30.6 Å². The van der Waals surface area contributed by atoms with E-state index in [9.17, 15) is 4.79 Å². The first-order valence-corrected chi connectivity index (χ1v) is 9.80. The third kappa shape index (κ3) is 4.12.